The molecule has 2 rings (SSSR count). The fourth-order valence-corrected chi connectivity index (χ4v) is 4.26. The van der Waals surface area contributed by atoms with E-state index in [0.717, 1.165) is 18.8 Å². The lowest BCUT2D eigenvalue weighted by Gasteiger charge is -2.21. The molecule has 0 saturated carbocycles. The van der Waals surface area contributed by atoms with E-state index in [-0.39, 0.29) is 24.2 Å². The maximum Gasteiger partial charge on any atom is 0.348 e. The molecule has 1 aromatic heterocycles. The number of amides is 2. The summed E-state index contributed by atoms with van der Waals surface area (Å²) in [5.74, 6) is -4.55. The van der Waals surface area contributed by atoms with Gasteiger partial charge in [-0.2, -0.15) is 0 Å². The van der Waals surface area contributed by atoms with Crippen molar-refractivity contribution in [3.63, 3.8) is 0 Å². The molecule has 0 unspecified atom stereocenters. The number of hydrogen-bond donors (Lipinski definition) is 5. The van der Waals surface area contributed by atoms with Gasteiger partial charge in [0.2, 0.25) is 16.9 Å². The van der Waals surface area contributed by atoms with Gasteiger partial charge in [-0.1, -0.05) is 11.8 Å². The Hall–Kier alpha value is -3.91. The number of aliphatic carboxylic acids is 2. The number of rotatable bonds is 14. The third kappa shape index (κ3) is 8.59. The van der Waals surface area contributed by atoms with Crippen LogP contribution in [0.3, 0.4) is 0 Å². The van der Waals surface area contributed by atoms with Crippen molar-refractivity contribution in [1.82, 2.24) is 10.6 Å². The van der Waals surface area contributed by atoms with Gasteiger partial charge >= 0.3 is 17.6 Å². The van der Waals surface area contributed by atoms with Gasteiger partial charge in [0, 0.05) is 42.4 Å². The Balaban J connectivity index is 2.16. The highest BCUT2D eigenvalue weighted by Gasteiger charge is 2.25. The molecule has 14 heteroatoms. The van der Waals surface area contributed by atoms with E-state index in [4.69, 9.17) is 20.4 Å². The number of carboxylic acid groups (broad SMARTS) is 2. The topological polar surface area (TPSA) is 209 Å². The van der Waals surface area contributed by atoms with Crippen LogP contribution in [0.5, 0.6) is 0 Å². The summed E-state index contributed by atoms with van der Waals surface area (Å²) < 4.78 is 5.36. The number of nitrogens with zero attached hydrogens (tertiary/aromatic N) is 1. The van der Waals surface area contributed by atoms with Crippen molar-refractivity contribution >= 4 is 57.3 Å². The molecular weight excluding hydrogens is 520 g/mol. The molecule has 38 heavy (non-hydrogen) atoms. The summed E-state index contributed by atoms with van der Waals surface area (Å²) in [4.78, 5) is 73.7. The second-order valence-electron chi connectivity index (χ2n) is 8.16. The second kappa shape index (κ2) is 14.1. The molecule has 2 aromatic rings. The number of nitrogens with one attached hydrogen (secondary N) is 2. The lowest BCUT2D eigenvalue weighted by molar-refractivity contribution is -0.139. The van der Waals surface area contributed by atoms with E-state index in [1.54, 1.807) is 12.1 Å². The van der Waals surface area contributed by atoms with E-state index in [1.165, 1.54) is 6.07 Å². The van der Waals surface area contributed by atoms with Gasteiger partial charge in [-0.25, -0.2) is 4.79 Å². The molecule has 0 aliphatic rings. The van der Waals surface area contributed by atoms with Gasteiger partial charge in [0.25, 0.3) is 0 Å². The number of carbonyl (C=O) groups excluding carboxylic acids is 3. The van der Waals surface area contributed by atoms with Gasteiger partial charge in [0.15, 0.2) is 0 Å². The number of fused-ring (bicyclic) bond motifs is 1. The van der Waals surface area contributed by atoms with Crippen LogP contribution < -0.4 is 26.9 Å². The highest BCUT2D eigenvalue weighted by atomic mass is 32.2. The Morgan fingerprint density at radius 3 is 2.39 bits per heavy atom. The van der Waals surface area contributed by atoms with Gasteiger partial charge in [0.1, 0.15) is 29.8 Å². The minimum absolute atomic E-state index is 0.204. The maximum absolute atomic E-state index is 12.8. The van der Waals surface area contributed by atoms with Gasteiger partial charge < -0.3 is 35.9 Å². The van der Waals surface area contributed by atoms with Crippen LogP contribution in [0.15, 0.2) is 33.5 Å². The molecule has 0 aliphatic heterocycles. The Morgan fingerprint density at radius 2 is 1.79 bits per heavy atom. The number of thioether (sulfide) groups is 1. The fraction of sp³-hybridized carbons (Fsp3) is 0.417. The molecule has 1 aromatic carbocycles. The first-order valence-corrected chi connectivity index (χ1v) is 12.7. The summed E-state index contributed by atoms with van der Waals surface area (Å²) >= 11 is 0.561. The second-order valence-corrected chi connectivity index (χ2v) is 9.15. The molecule has 206 valence electrons. The predicted molar refractivity (Wildman–Crippen MR) is 140 cm³/mol. The third-order valence-corrected chi connectivity index (χ3v) is 6.50. The van der Waals surface area contributed by atoms with Crippen LogP contribution in [0, 0.1) is 0 Å². The van der Waals surface area contributed by atoms with Crippen molar-refractivity contribution < 1.29 is 38.6 Å². The lowest BCUT2D eigenvalue weighted by atomic mass is 10.1. The molecule has 2 atom stereocenters. The summed E-state index contributed by atoms with van der Waals surface area (Å²) in [6.45, 7) is 4.77. The van der Waals surface area contributed by atoms with Crippen molar-refractivity contribution in [2.24, 2.45) is 5.73 Å². The maximum atomic E-state index is 12.8. The molecule has 1 heterocycles. The van der Waals surface area contributed by atoms with Crippen molar-refractivity contribution in [2.45, 2.75) is 38.8 Å². The first-order chi connectivity index (χ1) is 18.0. The SMILES string of the molecule is CCN(CC)c1ccc2cc(C(=O)SC[C@H](NC(=O)CC[C@H](N)C(=O)O)C(=O)NCC(=O)O)c(=O)oc2c1. The van der Waals surface area contributed by atoms with E-state index in [9.17, 15) is 28.8 Å². The van der Waals surface area contributed by atoms with Gasteiger partial charge in [-0.3, -0.25) is 24.0 Å². The average Bonchev–Trinajstić information content (AvgIpc) is 2.88. The first-order valence-electron chi connectivity index (χ1n) is 11.7. The summed E-state index contributed by atoms with van der Waals surface area (Å²) in [6.07, 6.45) is -0.524. The summed E-state index contributed by atoms with van der Waals surface area (Å²) in [5.41, 5.74) is 5.40. The summed E-state index contributed by atoms with van der Waals surface area (Å²) in [6, 6.07) is 4.02. The average molecular weight is 551 g/mol. The van der Waals surface area contributed by atoms with Gasteiger partial charge in [-0.15, -0.1) is 0 Å². The highest BCUT2D eigenvalue weighted by Crippen LogP contribution is 2.23. The molecule has 0 saturated heterocycles. The van der Waals surface area contributed by atoms with Crippen LogP contribution >= 0.6 is 11.8 Å². The highest BCUT2D eigenvalue weighted by molar-refractivity contribution is 8.14. The van der Waals surface area contributed by atoms with Crippen LogP contribution in [0.1, 0.15) is 37.0 Å². The molecule has 0 bridgehead atoms. The summed E-state index contributed by atoms with van der Waals surface area (Å²) in [5, 5.41) is 21.9. The van der Waals surface area contributed by atoms with Gasteiger partial charge in [0.05, 0.1) is 0 Å². The molecule has 0 radical (unpaired) electrons. The van der Waals surface area contributed by atoms with Crippen LogP contribution in [0.2, 0.25) is 0 Å². The van der Waals surface area contributed by atoms with Crippen molar-refractivity contribution in [3.05, 3.63) is 40.2 Å². The fourth-order valence-electron chi connectivity index (χ4n) is 3.41. The molecular formula is C24H30N4O9S. The molecule has 6 N–H and O–H groups in total. The number of anilines is 1. The zero-order chi connectivity index (χ0) is 28.4. The number of carboxylic acids is 2. The molecule has 13 nitrogen and oxygen atoms in total. The number of benzene rings is 1. The zero-order valence-electron chi connectivity index (χ0n) is 20.9. The van der Waals surface area contributed by atoms with E-state index < -0.39 is 53.1 Å². The van der Waals surface area contributed by atoms with Crippen LogP contribution in [-0.2, 0) is 19.2 Å². The van der Waals surface area contributed by atoms with Crippen molar-refractivity contribution in [2.75, 3.05) is 30.3 Å². The third-order valence-electron chi connectivity index (χ3n) is 5.51. The Morgan fingerprint density at radius 1 is 1.11 bits per heavy atom. The predicted octanol–water partition coefficient (Wildman–Crippen LogP) is 0.390. The van der Waals surface area contributed by atoms with E-state index in [1.807, 2.05) is 19.9 Å². The van der Waals surface area contributed by atoms with Crippen LogP contribution in [-0.4, -0.2) is 76.6 Å². The quantitative estimate of drug-likeness (QED) is 0.202. The number of nitrogens with two attached hydrogens (primary N) is 1. The van der Waals surface area contributed by atoms with Crippen molar-refractivity contribution in [3.8, 4) is 0 Å². The van der Waals surface area contributed by atoms with Crippen LogP contribution in [0.25, 0.3) is 11.0 Å². The standard InChI is InChI=1S/C24H30N4O9S/c1-3-28(4-2)14-6-5-13-9-15(23(35)37-18(13)10-14)24(36)38-12-17(21(32)26-11-20(30)31)27-19(29)8-7-16(25)22(33)34/h5-6,9-10,16-17H,3-4,7-8,11-12,25H2,1-2H3,(H,26,32)(H,27,29)(H,30,31)(H,33,34)/t16-,17-/m0/s1. The number of carbonyl (C=O) groups is 5. The monoisotopic (exact) mass is 550 g/mol. The molecule has 2 amide bonds. The summed E-state index contributed by atoms with van der Waals surface area (Å²) in [7, 11) is 0. The van der Waals surface area contributed by atoms with E-state index >= 15 is 0 Å². The van der Waals surface area contributed by atoms with Crippen LogP contribution in [0.4, 0.5) is 5.69 Å². The minimum Gasteiger partial charge on any atom is -0.480 e. The Bertz CT molecular complexity index is 1260. The molecule has 0 aliphatic carbocycles. The zero-order valence-corrected chi connectivity index (χ0v) is 21.7. The smallest absolute Gasteiger partial charge is 0.348 e. The minimum atomic E-state index is -1.35. The van der Waals surface area contributed by atoms with E-state index in [0.29, 0.717) is 22.7 Å². The normalized spacial score (nSPS) is 12.4. The molecule has 0 spiro atoms. The van der Waals surface area contributed by atoms with Gasteiger partial charge in [-0.05, 0) is 38.5 Å². The van der Waals surface area contributed by atoms with Crippen molar-refractivity contribution in [1.29, 1.82) is 0 Å². The Kier molecular flexibility index (Phi) is 11.3. The van der Waals surface area contributed by atoms with E-state index in [2.05, 4.69) is 15.5 Å². The molecule has 0 fully saturated rings. The lowest BCUT2D eigenvalue weighted by Crippen LogP contribution is -2.49. The first kappa shape index (κ1) is 30.3. The number of hydrogen-bond acceptors (Lipinski definition) is 10. The Labute approximate surface area is 221 Å². The largest absolute Gasteiger partial charge is 0.480 e.